The van der Waals surface area contributed by atoms with E-state index in [2.05, 4.69) is 10.1 Å². The Hall–Kier alpha value is -0.570. The van der Waals surface area contributed by atoms with E-state index in [-0.39, 0.29) is 11.9 Å². The minimum Gasteiger partial charge on any atom is -0.469 e. The third kappa shape index (κ3) is 0.611. The molecular formula is C7H11NO2. The molecular weight excluding hydrogens is 130 g/mol. The summed E-state index contributed by atoms with van der Waals surface area (Å²) in [4.78, 5) is 10.9. The van der Waals surface area contributed by atoms with Crippen LogP contribution in [0.5, 0.6) is 0 Å². The van der Waals surface area contributed by atoms with Crippen molar-refractivity contribution in [3.8, 4) is 0 Å². The first-order chi connectivity index (χ1) is 4.78. The number of ether oxygens (including phenoxy) is 1. The van der Waals surface area contributed by atoms with Crippen LogP contribution < -0.4 is 5.32 Å². The molecule has 2 aliphatic rings. The van der Waals surface area contributed by atoms with Gasteiger partial charge in [-0.2, -0.15) is 0 Å². The van der Waals surface area contributed by atoms with Gasteiger partial charge in [-0.3, -0.25) is 4.79 Å². The molecule has 10 heavy (non-hydrogen) atoms. The van der Waals surface area contributed by atoms with Crippen LogP contribution in [-0.2, 0) is 9.53 Å². The quantitative estimate of drug-likeness (QED) is 0.512. The topological polar surface area (TPSA) is 38.3 Å². The largest absolute Gasteiger partial charge is 0.469 e. The molecule has 1 heterocycles. The minimum atomic E-state index is -0.0264. The highest BCUT2D eigenvalue weighted by Crippen LogP contribution is 2.55. The fourth-order valence-electron chi connectivity index (χ4n) is 1.66. The average Bonchev–Trinajstić information content (AvgIpc) is 2.59. The Morgan fingerprint density at radius 1 is 1.70 bits per heavy atom. The van der Waals surface area contributed by atoms with E-state index in [0.717, 1.165) is 19.5 Å². The Labute approximate surface area is 59.7 Å². The van der Waals surface area contributed by atoms with Gasteiger partial charge in [0.05, 0.1) is 13.0 Å². The molecule has 2 rings (SSSR count). The second kappa shape index (κ2) is 1.72. The monoisotopic (exact) mass is 141 g/mol. The summed E-state index contributed by atoms with van der Waals surface area (Å²) in [6.07, 6.45) is 1.03. The van der Waals surface area contributed by atoms with Crippen LogP contribution in [0, 0.1) is 11.3 Å². The summed E-state index contributed by atoms with van der Waals surface area (Å²) in [6, 6.07) is 0. The van der Waals surface area contributed by atoms with Gasteiger partial charge < -0.3 is 10.1 Å². The number of nitrogens with one attached hydrogen (secondary N) is 1. The first-order valence-electron chi connectivity index (χ1n) is 3.57. The summed E-state index contributed by atoms with van der Waals surface area (Å²) in [5.41, 5.74) is 0.326. The van der Waals surface area contributed by atoms with Gasteiger partial charge in [-0.1, -0.05) is 0 Å². The molecule has 3 nitrogen and oxygen atoms in total. The molecule has 56 valence electrons. The van der Waals surface area contributed by atoms with Crippen LogP contribution in [0.25, 0.3) is 0 Å². The van der Waals surface area contributed by atoms with E-state index < -0.39 is 0 Å². The van der Waals surface area contributed by atoms with Gasteiger partial charge in [0.2, 0.25) is 0 Å². The lowest BCUT2D eigenvalue weighted by Crippen LogP contribution is -2.46. The summed E-state index contributed by atoms with van der Waals surface area (Å²) in [6.45, 7) is 2.01. The van der Waals surface area contributed by atoms with Crippen molar-refractivity contribution in [3.63, 3.8) is 0 Å². The molecule has 1 saturated heterocycles. The van der Waals surface area contributed by atoms with Crippen molar-refractivity contribution in [1.29, 1.82) is 0 Å². The minimum absolute atomic E-state index is 0.0264. The molecule has 2 fully saturated rings. The molecule has 1 N–H and O–H groups in total. The summed E-state index contributed by atoms with van der Waals surface area (Å²) in [7, 11) is 1.46. The number of carbonyl (C=O) groups excluding carboxylic acids is 1. The summed E-state index contributed by atoms with van der Waals surface area (Å²) in [5, 5.41) is 3.17. The second-order valence-electron chi connectivity index (χ2n) is 3.25. The fraction of sp³-hybridized carbons (Fsp3) is 0.857. The highest BCUT2D eigenvalue weighted by Gasteiger charge is 2.62. The van der Waals surface area contributed by atoms with Gasteiger partial charge in [-0.05, 0) is 6.42 Å². The first-order valence-corrected chi connectivity index (χ1v) is 3.57. The molecule has 0 aromatic heterocycles. The van der Waals surface area contributed by atoms with Gasteiger partial charge in [0, 0.05) is 18.5 Å². The van der Waals surface area contributed by atoms with Gasteiger partial charge in [-0.15, -0.1) is 0 Å². The van der Waals surface area contributed by atoms with E-state index >= 15 is 0 Å². The zero-order chi connectivity index (χ0) is 7.19. The van der Waals surface area contributed by atoms with Crippen LogP contribution >= 0.6 is 0 Å². The third-order valence-corrected chi connectivity index (χ3v) is 2.63. The standard InChI is InChI=1S/C7H11NO2/c1-10-6(9)5-2-7(5)3-8-4-7/h5,8H,2-4H2,1H3/t5-/m0/s1. The van der Waals surface area contributed by atoms with Crippen molar-refractivity contribution in [3.05, 3.63) is 0 Å². The summed E-state index contributed by atoms with van der Waals surface area (Å²) in [5.74, 6) is 0.181. The Morgan fingerprint density at radius 2 is 2.40 bits per heavy atom. The molecule has 0 amide bonds. The number of carbonyl (C=O) groups is 1. The molecule has 3 heteroatoms. The summed E-state index contributed by atoms with van der Waals surface area (Å²) >= 11 is 0. The van der Waals surface area contributed by atoms with Crippen molar-refractivity contribution in [2.75, 3.05) is 20.2 Å². The molecule has 0 bridgehead atoms. The van der Waals surface area contributed by atoms with Gasteiger partial charge in [0.25, 0.3) is 0 Å². The van der Waals surface area contributed by atoms with Gasteiger partial charge in [0.15, 0.2) is 0 Å². The second-order valence-corrected chi connectivity index (χ2v) is 3.25. The number of esters is 1. The Morgan fingerprint density at radius 3 is 2.70 bits per heavy atom. The lowest BCUT2D eigenvalue weighted by atomic mass is 9.97. The normalized spacial score (nSPS) is 33.1. The van der Waals surface area contributed by atoms with Crippen LogP contribution in [0.3, 0.4) is 0 Å². The number of hydrogen-bond donors (Lipinski definition) is 1. The predicted octanol–water partition coefficient (Wildman–Crippen LogP) is -0.231. The highest BCUT2D eigenvalue weighted by atomic mass is 16.5. The van der Waals surface area contributed by atoms with Gasteiger partial charge >= 0.3 is 5.97 Å². The first kappa shape index (κ1) is 6.16. The Kier molecular flexibility index (Phi) is 1.06. The van der Waals surface area contributed by atoms with E-state index in [9.17, 15) is 4.79 Å². The Balaban J connectivity index is 1.94. The lowest BCUT2D eigenvalue weighted by Gasteiger charge is -2.27. The molecule has 1 aliphatic carbocycles. The van der Waals surface area contributed by atoms with Crippen molar-refractivity contribution in [2.24, 2.45) is 11.3 Å². The highest BCUT2D eigenvalue weighted by molar-refractivity contribution is 5.77. The number of hydrogen-bond acceptors (Lipinski definition) is 3. The molecule has 0 unspecified atom stereocenters. The molecule has 1 spiro atoms. The van der Waals surface area contributed by atoms with E-state index in [1.165, 1.54) is 7.11 Å². The van der Waals surface area contributed by atoms with Gasteiger partial charge in [-0.25, -0.2) is 0 Å². The van der Waals surface area contributed by atoms with Crippen molar-refractivity contribution >= 4 is 5.97 Å². The maximum atomic E-state index is 10.9. The van der Waals surface area contributed by atoms with Crippen LogP contribution in [-0.4, -0.2) is 26.2 Å². The maximum Gasteiger partial charge on any atom is 0.309 e. The average molecular weight is 141 g/mol. The van der Waals surface area contributed by atoms with Crippen molar-refractivity contribution in [1.82, 2.24) is 5.32 Å². The lowest BCUT2D eigenvalue weighted by molar-refractivity contribution is -0.143. The maximum absolute atomic E-state index is 10.9. The molecule has 1 aliphatic heterocycles. The molecule has 0 radical (unpaired) electrons. The number of rotatable bonds is 1. The number of methoxy groups -OCH3 is 1. The van der Waals surface area contributed by atoms with Gasteiger partial charge in [0.1, 0.15) is 0 Å². The summed E-state index contributed by atoms with van der Waals surface area (Å²) < 4.78 is 4.64. The Bertz CT molecular complexity index is 174. The van der Waals surface area contributed by atoms with Crippen LogP contribution in [0.1, 0.15) is 6.42 Å². The van der Waals surface area contributed by atoms with E-state index in [0.29, 0.717) is 5.41 Å². The molecule has 1 saturated carbocycles. The van der Waals surface area contributed by atoms with Crippen LogP contribution in [0.2, 0.25) is 0 Å². The van der Waals surface area contributed by atoms with E-state index in [4.69, 9.17) is 0 Å². The molecule has 1 atom stereocenters. The SMILES string of the molecule is COC(=O)[C@@H]1CC12CNC2. The fourth-order valence-corrected chi connectivity index (χ4v) is 1.66. The van der Waals surface area contributed by atoms with E-state index in [1.807, 2.05) is 0 Å². The molecule has 0 aromatic carbocycles. The molecule has 0 aromatic rings. The van der Waals surface area contributed by atoms with Crippen molar-refractivity contribution in [2.45, 2.75) is 6.42 Å². The smallest absolute Gasteiger partial charge is 0.309 e. The third-order valence-electron chi connectivity index (χ3n) is 2.63. The predicted molar refractivity (Wildman–Crippen MR) is 35.4 cm³/mol. The zero-order valence-electron chi connectivity index (χ0n) is 6.02. The van der Waals surface area contributed by atoms with Crippen LogP contribution in [0.15, 0.2) is 0 Å². The van der Waals surface area contributed by atoms with E-state index in [1.54, 1.807) is 0 Å². The zero-order valence-corrected chi connectivity index (χ0v) is 6.02. The van der Waals surface area contributed by atoms with Crippen molar-refractivity contribution < 1.29 is 9.53 Å². The van der Waals surface area contributed by atoms with Crippen LogP contribution in [0.4, 0.5) is 0 Å².